The Kier molecular flexibility index (Phi) is 3.46. The number of amides is 1. The number of nitro benzene ring substituents is 1. The molecule has 2 aromatic rings. The van der Waals surface area contributed by atoms with Crippen molar-refractivity contribution in [1.29, 1.82) is 0 Å². The van der Waals surface area contributed by atoms with E-state index in [1.165, 1.54) is 30.3 Å². The Labute approximate surface area is 129 Å². The number of fused-ring (bicyclic) bond motifs is 1. The first-order valence-corrected chi connectivity index (χ1v) is 6.58. The van der Waals surface area contributed by atoms with E-state index in [2.05, 4.69) is 5.32 Å². The zero-order valence-electron chi connectivity index (χ0n) is 11.6. The normalized spacial score (nSPS) is 14.5. The Hall–Kier alpha value is -3.35. The van der Waals surface area contributed by atoms with Gasteiger partial charge in [-0.2, -0.15) is 0 Å². The zero-order chi connectivity index (χ0) is 16.6. The van der Waals surface area contributed by atoms with E-state index in [4.69, 9.17) is 0 Å². The van der Waals surface area contributed by atoms with Crippen LogP contribution in [-0.4, -0.2) is 16.6 Å². The average Bonchev–Trinajstić information content (AvgIpc) is 2.83. The van der Waals surface area contributed by atoms with Gasteiger partial charge in [-0.25, -0.2) is 4.39 Å². The lowest BCUT2D eigenvalue weighted by Gasteiger charge is -1.99. The molecule has 0 fully saturated rings. The SMILES string of the molecule is O=C1Nc2c(cccc2[N+](=O)[O-])C1=CC(=O)c1ccc(F)cc1. The third-order valence-corrected chi connectivity index (χ3v) is 3.42. The molecule has 0 radical (unpaired) electrons. The molecular formula is C16H9FN2O4. The Morgan fingerprint density at radius 3 is 2.52 bits per heavy atom. The van der Waals surface area contributed by atoms with Crippen LogP contribution in [0.1, 0.15) is 15.9 Å². The third kappa shape index (κ3) is 2.59. The fraction of sp³-hybridized carbons (Fsp3) is 0. The van der Waals surface area contributed by atoms with Crippen LogP contribution < -0.4 is 5.32 Å². The molecule has 1 aliphatic heterocycles. The number of nitrogens with zero attached hydrogens (tertiary/aromatic N) is 1. The van der Waals surface area contributed by atoms with Crippen molar-refractivity contribution in [1.82, 2.24) is 0 Å². The minimum atomic E-state index is -0.607. The molecule has 0 atom stereocenters. The summed E-state index contributed by atoms with van der Waals surface area (Å²) in [6.07, 6.45) is 1.10. The summed E-state index contributed by atoms with van der Waals surface area (Å²) >= 11 is 0. The van der Waals surface area contributed by atoms with Crippen molar-refractivity contribution in [3.05, 3.63) is 75.6 Å². The number of carbonyl (C=O) groups excluding carboxylic acids is 2. The van der Waals surface area contributed by atoms with E-state index in [0.717, 1.165) is 18.2 Å². The van der Waals surface area contributed by atoms with Crippen LogP contribution in [0.25, 0.3) is 5.57 Å². The summed E-state index contributed by atoms with van der Waals surface area (Å²) in [5, 5.41) is 13.4. The number of nitrogens with one attached hydrogen (secondary N) is 1. The number of carbonyl (C=O) groups is 2. The number of hydrogen-bond donors (Lipinski definition) is 1. The van der Waals surface area contributed by atoms with Crippen LogP contribution in [0.4, 0.5) is 15.8 Å². The largest absolute Gasteiger partial charge is 0.316 e. The monoisotopic (exact) mass is 312 g/mol. The van der Waals surface area contributed by atoms with Gasteiger partial charge < -0.3 is 5.32 Å². The molecule has 3 rings (SSSR count). The van der Waals surface area contributed by atoms with Crippen LogP contribution >= 0.6 is 0 Å². The van der Waals surface area contributed by atoms with Gasteiger partial charge in [0.2, 0.25) is 0 Å². The molecular weight excluding hydrogens is 303 g/mol. The first kappa shape index (κ1) is 14.6. The average molecular weight is 312 g/mol. The predicted molar refractivity (Wildman–Crippen MR) is 80.4 cm³/mol. The maximum Gasteiger partial charge on any atom is 0.293 e. The standard InChI is InChI=1S/C16H9FN2O4/c17-10-6-4-9(5-7-10)14(20)8-12-11-2-1-3-13(19(22)23)15(11)18-16(12)21/h1-8H,(H,18,21). The molecule has 0 aromatic heterocycles. The summed E-state index contributed by atoms with van der Waals surface area (Å²) in [5.74, 6) is -1.56. The summed E-state index contributed by atoms with van der Waals surface area (Å²) in [7, 11) is 0. The molecule has 114 valence electrons. The maximum atomic E-state index is 12.9. The predicted octanol–water partition coefficient (Wildman–Crippen LogP) is 2.95. The molecule has 0 unspecified atom stereocenters. The van der Waals surface area contributed by atoms with E-state index < -0.39 is 22.4 Å². The van der Waals surface area contributed by atoms with E-state index in [1.807, 2.05) is 0 Å². The van der Waals surface area contributed by atoms with E-state index in [-0.39, 0.29) is 22.5 Å². The molecule has 7 heteroatoms. The molecule has 23 heavy (non-hydrogen) atoms. The van der Waals surface area contributed by atoms with Crippen molar-refractivity contribution in [3.8, 4) is 0 Å². The molecule has 2 aromatic carbocycles. The number of hydrogen-bond acceptors (Lipinski definition) is 4. The van der Waals surface area contributed by atoms with Gasteiger partial charge in [0, 0.05) is 17.2 Å². The van der Waals surface area contributed by atoms with Gasteiger partial charge in [0.05, 0.1) is 10.5 Å². The Morgan fingerprint density at radius 2 is 1.87 bits per heavy atom. The highest BCUT2D eigenvalue weighted by Gasteiger charge is 2.31. The molecule has 1 amide bonds. The van der Waals surface area contributed by atoms with E-state index >= 15 is 0 Å². The maximum absolute atomic E-state index is 12.9. The number of para-hydroxylation sites is 1. The minimum Gasteiger partial charge on any atom is -0.316 e. The topological polar surface area (TPSA) is 89.3 Å². The molecule has 1 heterocycles. The van der Waals surface area contributed by atoms with Crippen molar-refractivity contribution >= 4 is 28.6 Å². The van der Waals surface area contributed by atoms with E-state index in [0.29, 0.717) is 5.56 Å². The van der Waals surface area contributed by atoms with Gasteiger partial charge in [0.15, 0.2) is 5.78 Å². The molecule has 1 N–H and O–H groups in total. The van der Waals surface area contributed by atoms with Crippen LogP contribution in [0.15, 0.2) is 48.5 Å². The highest BCUT2D eigenvalue weighted by Crippen LogP contribution is 2.38. The van der Waals surface area contributed by atoms with Crippen LogP contribution in [0.2, 0.25) is 0 Å². The second kappa shape index (κ2) is 5.45. The molecule has 6 nitrogen and oxygen atoms in total. The van der Waals surface area contributed by atoms with Gasteiger partial charge in [0.25, 0.3) is 11.6 Å². The summed E-state index contributed by atoms with van der Waals surface area (Å²) in [4.78, 5) is 34.6. The quantitative estimate of drug-likeness (QED) is 0.408. The fourth-order valence-corrected chi connectivity index (χ4v) is 2.32. The lowest BCUT2D eigenvalue weighted by Crippen LogP contribution is -2.06. The van der Waals surface area contributed by atoms with Crippen molar-refractivity contribution in [2.45, 2.75) is 0 Å². The van der Waals surface area contributed by atoms with Crippen LogP contribution in [0.3, 0.4) is 0 Å². The van der Waals surface area contributed by atoms with Crippen molar-refractivity contribution < 1.29 is 18.9 Å². The molecule has 0 aliphatic carbocycles. The van der Waals surface area contributed by atoms with Crippen molar-refractivity contribution in [2.75, 3.05) is 5.32 Å². The van der Waals surface area contributed by atoms with Crippen LogP contribution in [-0.2, 0) is 4.79 Å². The molecule has 0 saturated heterocycles. The lowest BCUT2D eigenvalue weighted by atomic mass is 10.0. The van der Waals surface area contributed by atoms with Gasteiger partial charge in [-0.15, -0.1) is 0 Å². The van der Waals surface area contributed by atoms with Crippen LogP contribution in [0, 0.1) is 15.9 Å². The van der Waals surface area contributed by atoms with E-state index in [1.54, 1.807) is 0 Å². The molecule has 0 spiro atoms. The van der Waals surface area contributed by atoms with Crippen molar-refractivity contribution in [2.24, 2.45) is 0 Å². The summed E-state index contributed by atoms with van der Waals surface area (Å²) < 4.78 is 12.9. The van der Waals surface area contributed by atoms with E-state index in [9.17, 15) is 24.1 Å². The lowest BCUT2D eigenvalue weighted by molar-refractivity contribution is -0.383. The highest BCUT2D eigenvalue weighted by atomic mass is 19.1. The van der Waals surface area contributed by atoms with Gasteiger partial charge in [-0.05, 0) is 30.3 Å². The van der Waals surface area contributed by atoms with Gasteiger partial charge >= 0.3 is 0 Å². The molecule has 0 bridgehead atoms. The van der Waals surface area contributed by atoms with Gasteiger partial charge in [0.1, 0.15) is 11.5 Å². The summed E-state index contributed by atoms with van der Waals surface area (Å²) in [5.41, 5.74) is 0.373. The number of ketones is 1. The number of benzene rings is 2. The highest BCUT2D eigenvalue weighted by molar-refractivity contribution is 6.35. The minimum absolute atomic E-state index is 0.0398. The second-order valence-electron chi connectivity index (χ2n) is 4.84. The summed E-state index contributed by atoms with van der Waals surface area (Å²) in [6.45, 7) is 0. The Balaban J connectivity index is 2.03. The summed E-state index contributed by atoms with van der Waals surface area (Å²) in [6, 6.07) is 9.10. The van der Waals surface area contributed by atoms with Crippen molar-refractivity contribution in [3.63, 3.8) is 0 Å². The first-order valence-electron chi connectivity index (χ1n) is 6.58. The van der Waals surface area contributed by atoms with Gasteiger partial charge in [-0.3, -0.25) is 19.7 Å². The smallest absolute Gasteiger partial charge is 0.293 e. The number of nitro groups is 1. The number of anilines is 1. The Morgan fingerprint density at radius 1 is 1.17 bits per heavy atom. The van der Waals surface area contributed by atoms with Gasteiger partial charge in [-0.1, -0.05) is 12.1 Å². The molecule has 1 aliphatic rings. The number of allylic oxidation sites excluding steroid dienone is 1. The number of rotatable bonds is 3. The third-order valence-electron chi connectivity index (χ3n) is 3.42. The fourth-order valence-electron chi connectivity index (χ4n) is 2.32. The zero-order valence-corrected chi connectivity index (χ0v) is 11.6. The Bertz CT molecular complexity index is 872. The number of halogens is 1. The first-order chi connectivity index (χ1) is 11.0. The second-order valence-corrected chi connectivity index (χ2v) is 4.84. The van der Waals surface area contributed by atoms with Crippen LogP contribution in [0.5, 0.6) is 0 Å². The molecule has 0 saturated carbocycles.